The molecule has 0 aliphatic rings. The molecule has 0 bridgehead atoms. The van der Waals surface area contributed by atoms with E-state index in [4.69, 9.17) is 5.26 Å². The van der Waals surface area contributed by atoms with Crippen molar-refractivity contribution < 1.29 is 4.92 Å². The highest BCUT2D eigenvalue weighted by molar-refractivity contribution is 5.81. The number of rotatable bonds is 16. The summed E-state index contributed by atoms with van der Waals surface area (Å²) in [4.78, 5) is 23.6. The van der Waals surface area contributed by atoms with Crippen LogP contribution in [0.4, 0.5) is 91.0 Å². The van der Waals surface area contributed by atoms with Gasteiger partial charge in [-0.15, -0.1) is 0 Å². The zero-order valence-corrected chi connectivity index (χ0v) is 51.8. The molecule has 11 nitrogen and oxygen atoms in total. The van der Waals surface area contributed by atoms with Gasteiger partial charge >= 0.3 is 0 Å². The van der Waals surface area contributed by atoms with Gasteiger partial charge in [0.05, 0.1) is 28.2 Å². The van der Waals surface area contributed by atoms with Gasteiger partial charge in [-0.2, -0.15) is 10.5 Å². The minimum absolute atomic E-state index is 0.0793. The monoisotopic (exact) mass is 1190 g/mol. The van der Waals surface area contributed by atoms with Crippen molar-refractivity contribution in [2.45, 2.75) is 20.8 Å². The van der Waals surface area contributed by atoms with Crippen molar-refractivity contribution in [3.8, 4) is 12.1 Å². The highest BCUT2D eigenvalue weighted by atomic mass is 16.6. The minimum Gasteiger partial charge on any atom is -0.345 e. The summed E-state index contributed by atoms with van der Waals surface area (Å²) in [6.07, 6.45) is 0. The summed E-state index contributed by atoms with van der Waals surface area (Å²) in [6, 6.07) is 108. The van der Waals surface area contributed by atoms with E-state index in [0.29, 0.717) is 11.1 Å². The lowest BCUT2D eigenvalue weighted by molar-refractivity contribution is -0.384. The first-order chi connectivity index (χ1) is 44.3. The number of benzene rings is 12. The fourth-order valence-electron chi connectivity index (χ4n) is 10.4. The predicted molar refractivity (Wildman–Crippen MR) is 377 cm³/mol. The lowest BCUT2D eigenvalue weighted by Gasteiger charge is -2.26. The molecular weight excluding hydrogens is 1120 g/mol. The summed E-state index contributed by atoms with van der Waals surface area (Å²) in [6.45, 7) is 6.28. The Balaban J connectivity index is 0.000000150. The Morgan fingerprint density at radius 3 is 0.824 bits per heavy atom. The maximum atomic E-state index is 11.1. The first-order valence-electron chi connectivity index (χ1n) is 29.9. The van der Waals surface area contributed by atoms with Gasteiger partial charge in [0, 0.05) is 119 Å². The summed E-state index contributed by atoms with van der Waals surface area (Å²) in [7, 11) is 5.95. The molecule has 91 heavy (non-hydrogen) atoms. The second-order valence-electron chi connectivity index (χ2n) is 21.8. The molecule has 0 N–H and O–H groups in total. The van der Waals surface area contributed by atoms with Crippen LogP contribution < -0.4 is 29.4 Å². The fourth-order valence-corrected chi connectivity index (χ4v) is 10.4. The summed E-state index contributed by atoms with van der Waals surface area (Å²) in [5.74, 6) is 0. The first kappa shape index (κ1) is 61.9. The SMILES string of the molecule is Cc1ccc(N(c2ccccc2)c2ccc(N(C)c3ccc(C#N)cc3)cc2)cc1.Cc1ccc(N(c2ccccc2)c2ccc(N(C)c3cccc(C#N)c3)cc2)cc1.Cc1ccc(N(c2ccccc2)c2ccc(N(C)c3cccc([N+](=O)[O-])c3)cc2)cc1. The second-order valence-corrected chi connectivity index (χ2v) is 21.8. The highest BCUT2D eigenvalue weighted by Gasteiger charge is 2.18. The Morgan fingerprint density at radius 2 is 0.516 bits per heavy atom. The molecule has 0 aliphatic heterocycles. The molecule has 0 amide bonds. The number of hydrogen-bond donors (Lipinski definition) is 0. The third kappa shape index (κ3) is 15.5. The van der Waals surface area contributed by atoms with Crippen molar-refractivity contribution in [3.63, 3.8) is 0 Å². The number of nitriles is 2. The van der Waals surface area contributed by atoms with Gasteiger partial charge in [0.1, 0.15) is 0 Å². The zero-order chi connectivity index (χ0) is 63.6. The Bertz CT molecular complexity index is 4390. The smallest absolute Gasteiger partial charge is 0.271 e. The standard InChI is InChI=1S/2C27H23N3.C26H23N3O2/c1-21-11-13-25(14-12-21)30(24-8-4-3-5-9-24)26-17-15-23(16-18-26)29(2)27-10-6-7-22(19-27)20-28;1-21-8-12-26(13-9-21)30(25-6-4-3-5-7-25)27-18-16-24(17-19-27)29(2)23-14-10-22(20-28)11-15-23;1-20-11-13-23(14-12-20)28(22-7-4-3-5-8-22)24-17-15-21(16-18-24)27(2)25-9-6-10-26(19-25)29(30)31/h2*3-19H,1-2H3;3-19H,1-2H3. The number of anilines is 15. The van der Waals surface area contributed by atoms with E-state index >= 15 is 0 Å². The largest absolute Gasteiger partial charge is 0.345 e. The van der Waals surface area contributed by atoms with Crippen molar-refractivity contribution in [1.29, 1.82) is 10.5 Å². The van der Waals surface area contributed by atoms with Gasteiger partial charge in [-0.3, -0.25) is 10.1 Å². The van der Waals surface area contributed by atoms with Crippen LogP contribution in [0.25, 0.3) is 0 Å². The van der Waals surface area contributed by atoms with Crippen molar-refractivity contribution in [1.82, 2.24) is 0 Å². The Labute approximate surface area is 534 Å². The molecule has 0 fully saturated rings. The Hall–Kier alpha value is -12.2. The quantitative estimate of drug-likeness (QED) is 0.0685. The predicted octanol–water partition coefficient (Wildman–Crippen LogP) is 21.3. The molecule has 0 aromatic heterocycles. The number of nitro groups is 1. The van der Waals surface area contributed by atoms with Crippen molar-refractivity contribution in [2.75, 3.05) is 50.5 Å². The molecule has 0 radical (unpaired) electrons. The van der Waals surface area contributed by atoms with E-state index in [-0.39, 0.29) is 10.6 Å². The van der Waals surface area contributed by atoms with E-state index in [1.807, 2.05) is 123 Å². The third-order valence-electron chi connectivity index (χ3n) is 15.6. The van der Waals surface area contributed by atoms with E-state index in [0.717, 1.165) is 85.3 Å². The summed E-state index contributed by atoms with van der Waals surface area (Å²) in [5, 5.41) is 29.3. The normalized spacial score (nSPS) is 10.4. The van der Waals surface area contributed by atoms with E-state index in [1.165, 1.54) is 22.8 Å². The maximum absolute atomic E-state index is 11.1. The average molecular weight is 1190 g/mol. The molecule has 12 rings (SSSR count). The van der Waals surface area contributed by atoms with Crippen LogP contribution in [-0.4, -0.2) is 26.1 Å². The number of aryl methyl sites for hydroxylation is 3. The Morgan fingerprint density at radius 1 is 0.275 bits per heavy atom. The zero-order valence-electron chi connectivity index (χ0n) is 51.8. The average Bonchev–Trinajstić information content (AvgIpc) is 2.32. The number of non-ortho nitro benzene ring substituents is 1. The number of nitrogens with zero attached hydrogens (tertiary/aromatic N) is 9. The van der Waals surface area contributed by atoms with Gasteiger partial charge in [0.15, 0.2) is 0 Å². The van der Waals surface area contributed by atoms with Crippen LogP contribution in [0.1, 0.15) is 27.8 Å². The van der Waals surface area contributed by atoms with E-state index in [1.54, 1.807) is 12.1 Å². The molecular formula is C80H69N9O2. The van der Waals surface area contributed by atoms with Gasteiger partial charge in [-0.05, 0) is 215 Å². The van der Waals surface area contributed by atoms with Gasteiger partial charge in [0.2, 0.25) is 0 Å². The van der Waals surface area contributed by atoms with Crippen molar-refractivity contribution >= 4 is 91.0 Å². The van der Waals surface area contributed by atoms with Crippen LogP contribution in [-0.2, 0) is 0 Å². The molecule has 11 heteroatoms. The van der Waals surface area contributed by atoms with Gasteiger partial charge in [0.25, 0.3) is 5.69 Å². The van der Waals surface area contributed by atoms with Gasteiger partial charge in [-0.1, -0.05) is 120 Å². The topological polar surface area (TPSA) is 110 Å². The third-order valence-corrected chi connectivity index (χ3v) is 15.6. The lowest BCUT2D eigenvalue weighted by Crippen LogP contribution is -2.12. The Kier molecular flexibility index (Phi) is 20.0. The highest BCUT2D eigenvalue weighted by Crippen LogP contribution is 2.40. The molecule has 0 aliphatic carbocycles. The molecule has 0 heterocycles. The molecule has 12 aromatic carbocycles. The number of nitro benzene ring substituents is 1. The van der Waals surface area contributed by atoms with Crippen LogP contribution in [0.3, 0.4) is 0 Å². The molecule has 0 unspecified atom stereocenters. The first-order valence-corrected chi connectivity index (χ1v) is 29.9. The van der Waals surface area contributed by atoms with Crippen molar-refractivity contribution in [2.24, 2.45) is 0 Å². The van der Waals surface area contributed by atoms with Crippen molar-refractivity contribution in [3.05, 3.63) is 347 Å². The maximum Gasteiger partial charge on any atom is 0.271 e. The lowest BCUT2D eigenvalue weighted by atomic mass is 10.1. The molecule has 0 atom stereocenters. The summed E-state index contributed by atoms with van der Waals surface area (Å²) >= 11 is 0. The van der Waals surface area contributed by atoms with Gasteiger partial charge in [-0.25, -0.2) is 0 Å². The van der Waals surface area contributed by atoms with Crippen LogP contribution in [0.5, 0.6) is 0 Å². The molecule has 12 aromatic rings. The fraction of sp³-hybridized carbons (Fsp3) is 0.0750. The van der Waals surface area contributed by atoms with Gasteiger partial charge < -0.3 is 29.4 Å². The van der Waals surface area contributed by atoms with Crippen LogP contribution in [0, 0.1) is 53.5 Å². The van der Waals surface area contributed by atoms with Crippen LogP contribution in [0.2, 0.25) is 0 Å². The molecule has 446 valence electrons. The minimum atomic E-state index is -0.375. The van der Waals surface area contributed by atoms with E-state index in [9.17, 15) is 15.4 Å². The van der Waals surface area contributed by atoms with Crippen LogP contribution in [0.15, 0.2) is 309 Å². The molecule has 0 spiro atoms. The second kappa shape index (κ2) is 29.5. The summed E-state index contributed by atoms with van der Waals surface area (Å²) < 4.78 is 0. The molecule has 0 saturated carbocycles. The number of hydrogen-bond acceptors (Lipinski definition) is 10. The van der Waals surface area contributed by atoms with E-state index in [2.05, 4.69) is 252 Å². The number of para-hydroxylation sites is 3. The molecule has 0 saturated heterocycles. The van der Waals surface area contributed by atoms with E-state index < -0.39 is 0 Å². The summed E-state index contributed by atoms with van der Waals surface area (Å²) in [5.41, 5.74) is 20.8. The van der Waals surface area contributed by atoms with Crippen LogP contribution >= 0.6 is 0 Å².